The highest BCUT2D eigenvalue weighted by Crippen LogP contribution is 2.15. The van der Waals surface area contributed by atoms with Gasteiger partial charge in [0.25, 0.3) is 11.5 Å². The van der Waals surface area contributed by atoms with Crippen molar-refractivity contribution in [3.8, 4) is 0 Å². The van der Waals surface area contributed by atoms with Gasteiger partial charge in [0.2, 0.25) is 0 Å². The van der Waals surface area contributed by atoms with E-state index in [2.05, 4.69) is 17.3 Å². The van der Waals surface area contributed by atoms with E-state index < -0.39 is 24.3 Å². The fraction of sp³-hybridized carbons (Fsp3) is 0.304. The summed E-state index contributed by atoms with van der Waals surface area (Å²) >= 11 is 0. The average molecular weight is 425 g/mol. The molecule has 2 aromatic carbocycles. The predicted octanol–water partition coefficient (Wildman–Crippen LogP) is 3.91. The molecule has 1 aromatic heterocycles. The number of rotatable bonds is 9. The van der Waals surface area contributed by atoms with Crippen LogP contribution >= 0.6 is 0 Å². The first-order chi connectivity index (χ1) is 15.0. The fourth-order valence-electron chi connectivity index (χ4n) is 3.17. The molecule has 1 amide bonds. The Morgan fingerprint density at radius 2 is 1.74 bits per heavy atom. The lowest BCUT2D eigenvalue weighted by atomic mass is 10.1. The number of carbonyl (C=O) groups is 2. The molecule has 8 heteroatoms. The quantitative estimate of drug-likeness (QED) is 0.415. The van der Waals surface area contributed by atoms with Gasteiger partial charge in [0.15, 0.2) is 12.3 Å². The van der Waals surface area contributed by atoms with E-state index in [-0.39, 0.29) is 16.9 Å². The van der Waals surface area contributed by atoms with Crippen LogP contribution in [0.15, 0.2) is 53.3 Å². The average Bonchev–Trinajstić information content (AvgIpc) is 2.78. The maximum absolute atomic E-state index is 13.7. The lowest BCUT2D eigenvalue weighted by molar-refractivity contribution is -0.119. The second-order valence-electron chi connectivity index (χ2n) is 7.09. The molecule has 0 saturated heterocycles. The first-order valence-electron chi connectivity index (χ1n) is 10.2. The SMILES string of the molecule is CCCCCCn1nc(C(=O)OCC(=O)Nc2ccccc2F)c2ccccc2c1=O. The summed E-state index contributed by atoms with van der Waals surface area (Å²) in [4.78, 5) is 37.4. The summed E-state index contributed by atoms with van der Waals surface area (Å²) in [5.74, 6) is -2.11. The minimum Gasteiger partial charge on any atom is -0.451 e. The van der Waals surface area contributed by atoms with E-state index in [1.165, 1.54) is 22.9 Å². The van der Waals surface area contributed by atoms with Crippen molar-refractivity contribution >= 4 is 28.3 Å². The van der Waals surface area contributed by atoms with Gasteiger partial charge in [-0.15, -0.1) is 0 Å². The summed E-state index contributed by atoms with van der Waals surface area (Å²) < 4.78 is 20.0. The molecule has 1 N–H and O–H groups in total. The third-order valence-electron chi connectivity index (χ3n) is 4.77. The molecule has 0 aliphatic rings. The molecule has 7 nitrogen and oxygen atoms in total. The molecule has 3 rings (SSSR count). The molecule has 3 aromatic rings. The molecule has 1 heterocycles. The number of esters is 1. The summed E-state index contributed by atoms with van der Waals surface area (Å²) in [6, 6.07) is 12.3. The molecule has 0 aliphatic carbocycles. The number of unbranched alkanes of at least 4 members (excludes halogenated alkanes) is 3. The monoisotopic (exact) mass is 425 g/mol. The fourth-order valence-corrected chi connectivity index (χ4v) is 3.17. The number of amides is 1. The summed E-state index contributed by atoms with van der Waals surface area (Å²) in [7, 11) is 0. The topological polar surface area (TPSA) is 90.3 Å². The molecule has 0 spiro atoms. The normalized spacial score (nSPS) is 10.8. The van der Waals surface area contributed by atoms with E-state index in [9.17, 15) is 18.8 Å². The van der Waals surface area contributed by atoms with E-state index in [0.29, 0.717) is 17.3 Å². The van der Waals surface area contributed by atoms with E-state index in [1.807, 2.05) is 0 Å². The maximum atomic E-state index is 13.7. The van der Waals surface area contributed by atoms with Crippen LogP contribution in [0, 0.1) is 5.82 Å². The number of para-hydroxylation sites is 1. The Hall–Kier alpha value is -3.55. The maximum Gasteiger partial charge on any atom is 0.359 e. The second-order valence-corrected chi connectivity index (χ2v) is 7.09. The van der Waals surface area contributed by atoms with Gasteiger partial charge in [0.1, 0.15) is 5.82 Å². The van der Waals surface area contributed by atoms with Crippen LogP contribution in [0.5, 0.6) is 0 Å². The van der Waals surface area contributed by atoms with E-state index in [1.54, 1.807) is 30.3 Å². The van der Waals surface area contributed by atoms with Gasteiger partial charge in [-0.05, 0) is 24.6 Å². The number of ether oxygens (including phenoxy) is 1. The van der Waals surface area contributed by atoms with Crippen LogP contribution in [0.3, 0.4) is 0 Å². The van der Waals surface area contributed by atoms with Crippen molar-refractivity contribution in [2.24, 2.45) is 0 Å². The van der Waals surface area contributed by atoms with Crippen molar-refractivity contribution in [2.45, 2.75) is 39.2 Å². The number of nitrogens with one attached hydrogen (secondary N) is 1. The molecule has 0 radical (unpaired) electrons. The molecular weight excluding hydrogens is 401 g/mol. The van der Waals surface area contributed by atoms with Crippen molar-refractivity contribution in [3.63, 3.8) is 0 Å². The van der Waals surface area contributed by atoms with Crippen LogP contribution in [0.2, 0.25) is 0 Å². The largest absolute Gasteiger partial charge is 0.451 e. The number of fused-ring (bicyclic) bond motifs is 1. The zero-order chi connectivity index (χ0) is 22.2. The van der Waals surface area contributed by atoms with Gasteiger partial charge in [-0.2, -0.15) is 5.10 Å². The minimum absolute atomic E-state index is 0.00671. The number of benzene rings is 2. The molecule has 0 saturated carbocycles. The number of nitrogens with zero attached hydrogens (tertiary/aromatic N) is 2. The van der Waals surface area contributed by atoms with Crippen molar-refractivity contribution in [3.05, 3.63) is 70.4 Å². The van der Waals surface area contributed by atoms with Crippen LogP contribution in [0.4, 0.5) is 10.1 Å². The highest BCUT2D eigenvalue weighted by atomic mass is 19.1. The third-order valence-corrected chi connectivity index (χ3v) is 4.77. The summed E-state index contributed by atoms with van der Waals surface area (Å²) in [5, 5.41) is 7.28. The van der Waals surface area contributed by atoms with Crippen LogP contribution < -0.4 is 10.9 Å². The first kappa shape index (κ1) is 22.1. The van der Waals surface area contributed by atoms with Crippen molar-refractivity contribution in [1.29, 1.82) is 0 Å². The van der Waals surface area contributed by atoms with Gasteiger partial charge in [-0.1, -0.05) is 56.5 Å². The van der Waals surface area contributed by atoms with Crippen molar-refractivity contribution in [2.75, 3.05) is 11.9 Å². The number of aryl methyl sites for hydroxylation is 1. The highest BCUT2D eigenvalue weighted by Gasteiger charge is 2.19. The van der Waals surface area contributed by atoms with Crippen molar-refractivity contribution in [1.82, 2.24) is 9.78 Å². The van der Waals surface area contributed by atoms with Gasteiger partial charge in [-0.3, -0.25) is 9.59 Å². The Morgan fingerprint density at radius 1 is 1.03 bits per heavy atom. The highest BCUT2D eigenvalue weighted by molar-refractivity contribution is 6.03. The molecule has 0 bridgehead atoms. The predicted molar refractivity (Wildman–Crippen MR) is 115 cm³/mol. The number of hydrogen-bond donors (Lipinski definition) is 1. The number of halogens is 1. The van der Waals surface area contributed by atoms with Gasteiger partial charge in [0, 0.05) is 11.9 Å². The van der Waals surface area contributed by atoms with Gasteiger partial charge < -0.3 is 10.1 Å². The number of aromatic nitrogens is 2. The summed E-state index contributed by atoms with van der Waals surface area (Å²) in [5.41, 5.74) is -0.321. The number of carbonyl (C=O) groups excluding carboxylic acids is 2. The van der Waals surface area contributed by atoms with E-state index in [0.717, 1.165) is 25.7 Å². The van der Waals surface area contributed by atoms with E-state index in [4.69, 9.17) is 4.74 Å². The third kappa shape index (κ3) is 5.53. The zero-order valence-electron chi connectivity index (χ0n) is 17.3. The van der Waals surface area contributed by atoms with Crippen molar-refractivity contribution < 1.29 is 18.7 Å². The molecule has 0 atom stereocenters. The van der Waals surface area contributed by atoms with Crippen LogP contribution in [0.1, 0.15) is 43.1 Å². The lowest BCUT2D eigenvalue weighted by Crippen LogP contribution is -2.28. The Kier molecular flexibility index (Phi) is 7.48. The number of hydrogen-bond acceptors (Lipinski definition) is 5. The Bertz CT molecular complexity index is 1140. The molecule has 31 heavy (non-hydrogen) atoms. The first-order valence-corrected chi connectivity index (χ1v) is 10.2. The Morgan fingerprint density at radius 3 is 2.48 bits per heavy atom. The van der Waals surface area contributed by atoms with Gasteiger partial charge in [0.05, 0.1) is 11.1 Å². The van der Waals surface area contributed by atoms with Gasteiger partial charge in [-0.25, -0.2) is 13.9 Å². The summed E-state index contributed by atoms with van der Waals surface area (Å²) in [6.45, 7) is 1.87. The molecule has 0 unspecified atom stereocenters. The van der Waals surface area contributed by atoms with Gasteiger partial charge >= 0.3 is 5.97 Å². The Balaban J connectivity index is 1.76. The molecule has 162 valence electrons. The second kappa shape index (κ2) is 10.5. The van der Waals surface area contributed by atoms with E-state index >= 15 is 0 Å². The lowest BCUT2D eigenvalue weighted by Gasteiger charge is -2.11. The van der Waals surface area contributed by atoms with Crippen LogP contribution in [-0.4, -0.2) is 28.3 Å². The van der Waals surface area contributed by atoms with Crippen LogP contribution in [0.25, 0.3) is 10.8 Å². The standard InChI is InChI=1S/C23H24FN3O4/c1-2-3-4-9-14-27-22(29)17-11-6-5-10-16(17)21(26-27)23(30)31-15-20(28)25-19-13-8-7-12-18(19)24/h5-8,10-13H,2-4,9,14-15H2,1H3,(H,25,28). The molecular formula is C23H24FN3O4. The minimum atomic E-state index is -0.831. The smallest absolute Gasteiger partial charge is 0.359 e. The summed E-state index contributed by atoms with van der Waals surface area (Å²) in [6.07, 6.45) is 3.83. The Labute approximate surface area is 178 Å². The molecule has 0 aliphatic heterocycles. The zero-order valence-corrected chi connectivity index (χ0v) is 17.3. The molecule has 0 fully saturated rings. The van der Waals surface area contributed by atoms with Crippen LogP contribution in [-0.2, 0) is 16.1 Å². The number of anilines is 1.